The number of alkyl carbamates (subject to hydrolysis) is 1. The van der Waals surface area contributed by atoms with Crippen LogP contribution < -0.4 is 15.6 Å². The van der Waals surface area contributed by atoms with Gasteiger partial charge in [-0.1, -0.05) is 36.7 Å². The van der Waals surface area contributed by atoms with Gasteiger partial charge in [0.15, 0.2) is 23.9 Å². The number of pyridine rings is 2. The Labute approximate surface area is 375 Å². The Kier molecular flexibility index (Phi) is 12.1. The fourth-order valence-corrected chi connectivity index (χ4v) is 9.28. The first kappa shape index (κ1) is 45.0. The molecule has 1 fully saturated rings. The van der Waals surface area contributed by atoms with Crippen molar-refractivity contribution in [1.82, 2.24) is 14.9 Å². The molecule has 6 unspecified atom stereocenters. The summed E-state index contributed by atoms with van der Waals surface area (Å²) >= 11 is 6.73. The van der Waals surface area contributed by atoms with Crippen LogP contribution in [0.1, 0.15) is 85.5 Å². The molecule has 2 aromatic heterocycles. The summed E-state index contributed by atoms with van der Waals surface area (Å²) in [5.41, 5.74) is 2.69. The van der Waals surface area contributed by atoms with Gasteiger partial charge in [-0.25, -0.2) is 19.4 Å². The summed E-state index contributed by atoms with van der Waals surface area (Å²) in [6.45, 7) is 6.16. The van der Waals surface area contributed by atoms with E-state index in [0.29, 0.717) is 51.5 Å². The first-order valence-electron chi connectivity index (χ1n) is 20.7. The molecule has 4 aliphatic rings. The number of para-hydroxylation sites is 1. The topological polar surface area (TPSA) is 243 Å². The molecule has 2 aromatic carbocycles. The maximum Gasteiger partial charge on any atom is 0.407 e. The Bertz CT molecular complexity index is 2750. The first-order valence-corrected chi connectivity index (χ1v) is 21.1. The van der Waals surface area contributed by atoms with Gasteiger partial charge in [0.05, 0.1) is 42.2 Å². The lowest BCUT2D eigenvalue weighted by molar-refractivity contribution is -0.282. The summed E-state index contributed by atoms with van der Waals surface area (Å²) in [5, 5.41) is 15.7. The van der Waals surface area contributed by atoms with Gasteiger partial charge in [0.2, 0.25) is 12.4 Å². The molecule has 1 saturated heterocycles. The van der Waals surface area contributed by atoms with E-state index >= 15 is 0 Å². The van der Waals surface area contributed by atoms with E-state index in [1.54, 1.807) is 37.3 Å². The lowest BCUT2D eigenvalue weighted by atomic mass is 9.82. The number of aromatic nitrogens is 2. The maximum absolute atomic E-state index is 14.1. The van der Waals surface area contributed by atoms with Gasteiger partial charge in [0.25, 0.3) is 5.56 Å². The number of hydrogen-bond donors (Lipinski definition) is 2. The molecule has 4 aromatic rings. The molecular weight excluding hydrogens is 874 g/mol. The average molecular weight is 918 g/mol. The van der Waals surface area contributed by atoms with Gasteiger partial charge in [-0.05, 0) is 61.1 Å². The lowest BCUT2D eigenvalue weighted by Gasteiger charge is -2.43. The van der Waals surface area contributed by atoms with Crippen LogP contribution in [0.5, 0.6) is 5.75 Å². The molecule has 20 heteroatoms. The predicted molar refractivity (Wildman–Crippen MR) is 223 cm³/mol. The maximum atomic E-state index is 14.1. The van der Waals surface area contributed by atoms with Crippen molar-refractivity contribution in [3.8, 4) is 17.1 Å². The number of ether oxygens (including phenoxy) is 8. The van der Waals surface area contributed by atoms with Crippen molar-refractivity contribution in [3.05, 3.63) is 90.7 Å². The normalized spacial score (nSPS) is 23.8. The Morgan fingerprint density at radius 3 is 2.35 bits per heavy atom. The average Bonchev–Trinajstić information content (AvgIpc) is 3.63. The highest BCUT2D eigenvalue weighted by molar-refractivity contribution is 6.32. The number of nitrogens with one attached hydrogen (secondary N) is 1. The number of carbonyl (C=O) groups is 6. The summed E-state index contributed by atoms with van der Waals surface area (Å²) < 4.78 is 45.8. The summed E-state index contributed by atoms with van der Waals surface area (Å²) in [4.78, 5) is 95.4. The fraction of sp³-hybridized carbons (Fsp3) is 0.422. The molecule has 8 rings (SSSR count). The monoisotopic (exact) mass is 917 g/mol. The molecule has 1 aliphatic carbocycles. The van der Waals surface area contributed by atoms with Crippen LogP contribution >= 0.6 is 11.6 Å². The number of nitrogens with zero attached hydrogens (tertiary/aromatic N) is 2. The summed E-state index contributed by atoms with van der Waals surface area (Å²) in [6, 6.07) is 9.04. The molecule has 0 spiro atoms. The summed E-state index contributed by atoms with van der Waals surface area (Å²) in [7, 11) is 1.07. The van der Waals surface area contributed by atoms with Crippen LogP contribution in [-0.2, 0) is 88.9 Å². The number of benzene rings is 2. The van der Waals surface area contributed by atoms with Gasteiger partial charge in [0, 0.05) is 47.9 Å². The largest absolute Gasteiger partial charge is 0.467 e. The quantitative estimate of drug-likeness (QED) is 0.148. The van der Waals surface area contributed by atoms with Crippen molar-refractivity contribution in [3.63, 3.8) is 0 Å². The number of halogens is 1. The van der Waals surface area contributed by atoms with Crippen LogP contribution in [0.25, 0.3) is 22.3 Å². The number of esters is 5. The minimum Gasteiger partial charge on any atom is -0.467 e. The van der Waals surface area contributed by atoms with Gasteiger partial charge in [-0.2, -0.15) is 0 Å². The molecule has 65 heavy (non-hydrogen) atoms. The highest BCUT2D eigenvalue weighted by atomic mass is 35.5. The summed E-state index contributed by atoms with van der Waals surface area (Å²) in [6.07, 6.45) is -8.03. The molecule has 0 bridgehead atoms. The van der Waals surface area contributed by atoms with E-state index in [1.165, 1.54) is 10.6 Å². The highest BCUT2D eigenvalue weighted by Gasteiger charge is 2.56. The zero-order valence-electron chi connectivity index (χ0n) is 36.0. The molecule has 342 valence electrons. The van der Waals surface area contributed by atoms with Crippen molar-refractivity contribution in [2.75, 3.05) is 7.11 Å². The lowest BCUT2D eigenvalue weighted by Crippen LogP contribution is -2.64. The Morgan fingerprint density at radius 2 is 1.66 bits per heavy atom. The number of fused-ring (bicyclic) bond motifs is 5. The van der Waals surface area contributed by atoms with Crippen LogP contribution in [0.2, 0.25) is 5.02 Å². The van der Waals surface area contributed by atoms with Crippen molar-refractivity contribution in [2.24, 2.45) is 0 Å². The second-order valence-electron chi connectivity index (χ2n) is 16.0. The molecule has 5 heterocycles. The van der Waals surface area contributed by atoms with Crippen LogP contribution in [-0.4, -0.2) is 88.4 Å². The molecule has 3 aliphatic heterocycles. The number of cyclic esters (lactones) is 1. The molecular formula is C45H44ClN3O16. The number of amides is 1. The number of carbonyl (C=O) groups excluding carboxylic acids is 6. The number of rotatable bonds is 10. The third-order valence-corrected chi connectivity index (χ3v) is 12.5. The zero-order chi connectivity index (χ0) is 46.6. The molecule has 19 nitrogen and oxygen atoms in total. The van der Waals surface area contributed by atoms with E-state index in [1.807, 2.05) is 6.92 Å². The van der Waals surface area contributed by atoms with Gasteiger partial charge in [0.1, 0.15) is 19.0 Å². The van der Waals surface area contributed by atoms with Crippen molar-refractivity contribution < 1.29 is 71.8 Å². The first-order chi connectivity index (χ1) is 30.9. The van der Waals surface area contributed by atoms with Crippen LogP contribution in [0.4, 0.5) is 4.79 Å². The van der Waals surface area contributed by atoms with Crippen LogP contribution in [0.3, 0.4) is 0 Å². The highest BCUT2D eigenvalue weighted by Crippen LogP contribution is 2.47. The number of methoxy groups -OCH3 is 1. The molecule has 2 N–H and O–H groups in total. The summed E-state index contributed by atoms with van der Waals surface area (Å²) in [5.74, 6) is -4.37. The van der Waals surface area contributed by atoms with Crippen LogP contribution in [0, 0.1) is 6.92 Å². The SMILES string of the molecule is CC[C@@]1(O)C(=O)OCc2c1cc1n(c2=O)Cc2c-1nc1cc(Cl)c(C)c3c1c2C(NC(=O)OCc1ccccc1OC1OC(C(=O)OC)C(OC(C)=O)C(OC(C)=O)C1OC(C)=O)CC3. The van der Waals surface area contributed by atoms with Crippen molar-refractivity contribution >= 4 is 58.4 Å². The van der Waals surface area contributed by atoms with Crippen LogP contribution in [0.15, 0.2) is 41.2 Å². The second kappa shape index (κ2) is 17.4. The van der Waals surface area contributed by atoms with Gasteiger partial charge < -0.3 is 52.9 Å². The minimum absolute atomic E-state index is 0.0262. The van der Waals surface area contributed by atoms with E-state index in [9.17, 15) is 38.7 Å². The third kappa shape index (κ3) is 8.01. The van der Waals surface area contributed by atoms with E-state index in [0.717, 1.165) is 44.4 Å². The smallest absolute Gasteiger partial charge is 0.407 e. The molecule has 0 saturated carbocycles. The third-order valence-electron chi connectivity index (χ3n) is 12.1. The van der Waals surface area contributed by atoms with E-state index in [4.69, 9.17) is 54.5 Å². The zero-order valence-corrected chi connectivity index (χ0v) is 36.8. The van der Waals surface area contributed by atoms with E-state index in [-0.39, 0.29) is 43.1 Å². The molecule has 0 radical (unpaired) electrons. The Balaban J connectivity index is 1.09. The van der Waals surface area contributed by atoms with E-state index < -0.39 is 83.8 Å². The Morgan fingerprint density at radius 1 is 0.969 bits per heavy atom. The van der Waals surface area contributed by atoms with Crippen molar-refractivity contribution in [2.45, 2.75) is 116 Å². The predicted octanol–water partition coefficient (Wildman–Crippen LogP) is 4.03. The second-order valence-corrected chi connectivity index (χ2v) is 16.4. The molecule has 7 atom stereocenters. The molecule has 1 amide bonds. The Hall–Kier alpha value is -6.57. The van der Waals surface area contributed by atoms with Gasteiger partial charge >= 0.3 is 35.9 Å². The minimum atomic E-state index is -2.03. The van der Waals surface area contributed by atoms with Gasteiger partial charge in [-0.15, -0.1) is 0 Å². The number of hydrogen-bond acceptors (Lipinski definition) is 17. The number of aryl methyl sites for hydroxylation is 1. The van der Waals surface area contributed by atoms with Crippen molar-refractivity contribution in [1.29, 1.82) is 0 Å². The van der Waals surface area contributed by atoms with Gasteiger partial charge in [-0.3, -0.25) is 19.2 Å². The fourth-order valence-electron chi connectivity index (χ4n) is 9.06. The standard InChI is InChI=1S/C45H44ClN3O16/c1-7-45(57)27-14-31-35-25(16-49(31)40(53)26(27)18-59-43(45)55)34-29(13-12-24-19(2)28(46)15-30(47-35)33(24)34)48-44(56)60-17-23-10-8-9-11-32(23)64-42-39(63-22(5)52)37(62-21(4)51)36(61-20(3)50)38(65-42)41(54)58-6/h8-11,14-15,29,36-39,42,57H,7,12-13,16-18H2,1-6H3,(H,48,56)/t29?,36?,37?,38?,39?,42?,45-/m0/s1. The number of aliphatic hydroxyl groups is 1. The van der Waals surface area contributed by atoms with E-state index in [2.05, 4.69) is 5.32 Å².